The van der Waals surface area contributed by atoms with Crippen LogP contribution in [-0.2, 0) is 0 Å². The van der Waals surface area contributed by atoms with Crippen LogP contribution in [0, 0.1) is 0 Å². The van der Waals surface area contributed by atoms with Crippen LogP contribution in [0.15, 0.2) is 42.5 Å². The van der Waals surface area contributed by atoms with Crippen LogP contribution in [0.3, 0.4) is 0 Å². The van der Waals surface area contributed by atoms with E-state index >= 15 is 0 Å². The van der Waals surface area contributed by atoms with Crippen molar-refractivity contribution >= 4 is 0 Å². The molecule has 0 amide bonds. The van der Waals surface area contributed by atoms with Gasteiger partial charge in [0.05, 0.1) is 20.8 Å². The minimum atomic E-state index is -1.06. The third kappa shape index (κ3) is 4.06. The third-order valence-electron chi connectivity index (χ3n) is 3.41. The summed E-state index contributed by atoms with van der Waals surface area (Å²) in [6, 6.07) is 11.0. The van der Waals surface area contributed by atoms with Gasteiger partial charge in [0.2, 0.25) is 0 Å². The maximum Gasteiger partial charge on any atom is 0.161 e. The molecule has 0 aliphatic carbocycles. The molecule has 0 radical (unpaired) electrons. The minimum Gasteiger partial charge on any atom is -0.508 e. The normalized spacial score (nSPS) is 13.2. The molecule has 2 rings (SSSR count). The van der Waals surface area contributed by atoms with Gasteiger partial charge >= 0.3 is 0 Å². The molecule has 2 aromatic rings. The molecule has 2 aromatic carbocycles. The summed E-state index contributed by atoms with van der Waals surface area (Å²) >= 11 is 0. The standard InChI is InChI=1S/C17H20O6/c1-21-14-8-3-11(9-15(14)22-2)17(20)16(10-18)23-13-6-4-12(19)5-7-13/h3-9,16-20H,10H2,1-2H3. The fraction of sp³-hybridized carbons (Fsp3) is 0.294. The summed E-state index contributed by atoms with van der Waals surface area (Å²) in [6.07, 6.45) is -1.92. The van der Waals surface area contributed by atoms with Gasteiger partial charge in [-0.05, 0) is 42.0 Å². The van der Waals surface area contributed by atoms with Crippen molar-refractivity contribution in [1.82, 2.24) is 0 Å². The van der Waals surface area contributed by atoms with Gasteiger partial charge in [-0.25, -0.2) is 0 Å². The van der Waals surface area contributed by atoms with Gasteiger partial charge in [-0.15, -0.1) is 0 Å². The van der Waals surface area contributed by atoms with E-state index in [4.69, 9.17) is 14.2 Å². The molecule has 0 fully saturated rings. The Balaban J connectivity index is 2.18. The van der Waals surface area contributed by atoms with E-state index < -0.39 is 12.2 Å². The number of ether oxygens (including phenoxy) is 3. The van der Waals surface area contributed by atoms with Crippen LogP contribution in [-0.4, -0.2) is 42.3 Å². The zero-order valence-corrected chi connectivity index (χ0v) is 13.0. The van der Waals surface area contributed by atoms with E-state index in [0.717, 1.165) is 0 Å². The van der Waals surface area contributed by atoms with Gasteiger partial charge in [-0.2, -0.15) is 0 Å². The number of aliphatic hydroxyl groups is 2. The average Bonchev–Trinajstić information content (AvgIpc) is 2.60. The second-order valence-electron chi connectivity index (χ2n) is 4.89. The molecule has 0 saturated carbocycles. The van der Waals surface area contributed by atoms with Crippen LogP contribution < -0.4 is 14.2 Å². The molecule has 0 aliphatic heterocycles. The zero-order chi connectivity index (χ0) is 16.8. The largest absolute Gasteiger partial charge is 0.508 e. The van der Waals surface area contributed by atoms with Gasteiger partial charge in [-0.1, -0.05) is 6.07 Å². The van der Waals surface area contributed by atoms with Crippen LogP contribution in [0.25, 0.3) is 0 Å². The van der Waals surface area contributed by atoms with E-state index in [2.05, 4.69) is 0 Å². The predicted molar refractivity (Wildman–Crippen MR) is 84.1 cm³/mol. The first kappa shape index (κ1) is 16.9. The fourth-order valence-corrected chi connectivity index (χ4v) is 2.15. The van der Waals surface area contributed by atoms with E-state index in [0.29, 0.717) is 22.8 Å². The van der Waals surface area contributed by atoms with Crippen molar-refractivity contribution in [2.45, 2.75) is 12.2 Å². The van der Waals surface area contributed by atoms with Crippen LogP contribution in [0.2, 0.25) is 0 Å². The highest BCUT2D eigenvalue weighted by Crippen LogP contribution is 2.32. The van der Waals surface area contributed by atoms with Gasteiger partial charge in [-0.3, -0.25) is 0 Å². The number of phenols is 1. The van der Waals surface area contributed by atoms with E-state index in [1.54, 1.807) is 30.3 Å². The first-order chi connectivity index (χ1) is 11.1. The highest BCUT2D eigenvalue weighted by Gasteiger charge is 2.23. The number of hydrogen-bond acceptors (Lipinski definition) is 6. The molecule has 6 nitrogen and oxygen atoms in total. The Morgan fingerprint density at radius 3 is 2.17 bits per heavy atom. The molecule has 2 atom stereocenters. The van der Waals surface area contributed by atoms with E-state index in [9.17, 15) is 15.3 Å². The summed E-state index contributed by atoms with van der Waals surface area (Å²) in [5.74, 6) is 1.56. The van der Waals surface area contributed by atoms with Crippen molar-refractivity contribution in [3.63, 3.8) is 0 Å². The molecule has 23 heavy (non-hydrogen) atoms. The Labute approximate surface area is 134 Å². The number of methoxy groups -OCH3 is 2. The molecule has 0 saturated heterocycles. The monoisotopic (exact) mass is 320 g/mol. The van der Waals surface area contributed by atoms with Crippen molar-refractivity contribution in [2.75, 3.05) is 20.8 Å². The fourth-order valence-electron chi connectivity index (χ4n) is 2.15. The van der Waals surface area contributed by atoms with Gasteiger partial charge < -0.3 is 29.5 Å². The zero-order valence-electron chi connectivity index (χ0n) is 13.0. The minimum absolute atomic E-state index is 0.110. The topological polar surface area (TPSA) is 88.4 Å². The first-order valence-corrected chi connectivity index (χ1v) is 7.05. The second kappa shape index (κ2) is 7.71. The molecule has 2 unspecified atom stereocenters. The quantitative estimate of drug-likeness (QED) is 0.722. The van der Waals surface area contributed by atoms with Crippen molar-refractivity contribution in [2.24, 2.45) is 0 Å². The van der Waals surface area contributed by atoms with Crippen LogP contribution >= 0.6 is 0 Å². The van der Waals surface area contributed by atoms with Crippen LogP contribution in [0.1, 0.15) is 11.7 Å². The lowest BCUT2D eigenvalue weighted by Gasteiger charge is -2.23. The summed E-state index contributed by atoms with van der Waals surface area (Å²) in [5, 5.41) is 29.2. The third-order valence-corrected chi connectivity index (χ3v) is 3.41. The highest BCUT2D eigenvalue weighted by atomic mass is 16.5. The van der Waals surface area contributed by atoms with Crippen molar-refractivity contribution in [3.05, 3.63) is 48.0 Å². The number of benzene rings is 2. The molecule has 0 bridgehead atoms. The van der Waals surface area contributed by atoms with Crippen molar-refractivity contribution in [1.29, 1.82) is 0 Å². The Morgan fingerprint density at radius 2 is 1.61 bits per heavy atom. The predicted octanol–water partition coefficient (Wildman–Crippen LogP) is 1.88. The highest BCUT2D eigenvalue weighted by molar-refractivity contribution is 5.43. The van der Waals surface area contributed by atoms with Gasteiger partial charge in [0, 0.05) is 0 Å². The lowest BCUT2D eigenvalue weighted by atomic mass is 10.0. The second-order valence-corrected chi connectivity index (χ2v) is 4.89. The number of aliphatic hydroxyl groups excluding tert-OH is 2. The summed E-state index contributed by atoms with van der Waals surface area (Å²) in [6.45, 7) is -0.379. The van der Waals surface area contributed by atoms with E-state index in [1.807, 2.05) is 0 Å². The summed E-state index contributed by atoms with van der Waals surface area (Å²) in [5.41, 5.74) is 0.528. The summed E-state index contributed by atoms with van der Waals surface area (Å²) in [7, 11) is 3.03. The van der Waals surface area contributed by atoms with Gasteiger partial charge in [0.1, 0.15) is 17.6 Å². The van der Waals surface area contributed by atoms with Crippen LogP contribution in [0.5, 0.6) is 23.0 Å². The lowest BCUT2D eigenvalue weighted by molar-refractivity contribution is 0.000647. The average molecular weight is 320 g/mol. The molecule has 3 N–H and O–H groups in total. The summed E-state index contributed by atoms with van der Waals surface area (Å²) < 4.78 is 15.9. The van der Waals surface area contributed by atoms with E-state index in [1.165, 1.54) is 26.4 Å². The molecular weight excluding hydrogens is 300 g/mol. The number of hydrogen-bond donors (Lipinski definition) is 3. The van der Waals surface area contributed by atoms with Gasteiger partial charge in [0.25, 0.3) is 0 Å². The molecule has 6 heteroatoms. The smallest absolute Gasteiger partial charge is 0.161 e. The maximum absolute atomic E-state index is 10.4. The number of phenolic OH excluding ortho intramolecular Hbond substituents is 1. The Kier molecular flexibility index (Phi) is 5.67. The molecule has 0 heterocycles. The lowest BCUT2D eigenvalue weighted by Crippen LogP contribution is -2.29. The molecule has 124 valence electrons. The molecule has 0 aromatic heterocycles. The Hall–Kier alpha value is -2.44. The van der Waals surface area contributed by atoms with Crippen molar-refractivity contribution in [3.8, 4) is 23.0 Å². The Morgan fingerprint density at radius 1 is 0.957 bits per heavy atom. The summed E-state index contributed by atoms with van der Waals surface area (Å²) in [4.78, 5) is 0. The van der Waals surface area contributed by atoms with E-state index in [-0.39, 0.29) is 12.4 Å². The van der Waals surface area contributed by atoms with Crippen molar-refractivity contribution < 1.29 is 29.5 Å². The van der Waals surface area contributed by atoms with Crippen LogP contribution in [0.4, 0.5) is 0 Å². The number of aromatic hydroxyl groups is 1. The SMILES string of the molecule is COc1ccc(C(O)C(CO)Oc2ccc(O)cc2)cc1OC. The maximum atomic E-state index is 10.4. The molecule has 0 aliphatic rings. The number of rotatable bonds is 7. The van der Waals surface area contributed by atoms with Gasteiger partial charge in [0.15, 0.2) is 17.6 Å². The molecular formula is C17H20O6. The first-order valence-electron chi connectivity index (χ1n) is 7.05. The Bertz CT molecular complexity index is 625. The molecule has 0 spiro atoms.